The maximum absolute atomic E-state index is 13.9. The molecule has 1 saturated heterocycles. The Morgan fingerprint density at radius 2 is 2.25 bits per heavy atom. The van der Waals surface area contributed by atoms with Crippen LogP contribution in [0.1, 0.15) is 25.3 Å². The standard InChI is InChI=1S/C17H25ClFN3O.ClH/c1-12(22-9-5-6-13(10-22)20-2)17(23)21(3)11-14-15(18)7-4-8-16(14)19;/h4,7-8,12-13,20H,5-6,9-11H2,1-3H3;1H. The number of nitrogens with zero attached hydrogens (tertiary/aromatic N) is 2. The molecule has 1 aromatic carbocycles. The molecular weight excluding hydrogens is 352 g/mol. The summed E-state index contributed by atoms with van der Waals surface area (Å²) >= 11 is 6.05. The number of carbonyl (C=O) groups is 1. The molecule has 2 unspecified atom stereocenters. The van der Waals surface area contributed by atoms with E-state index in [4.69, 9.17) is 11.6 Å². The van der Waals surface area contributed by atoms with Crippen molar-refractivity contribution in [2.45, 2.75) is 38.4 Å². The van der Waals surface area contributed by atoms with Crippen molar-refractivity contribution in [1.82, 2.24) is 15.1 Å². The predicted octanol–water partition coefficient (Wildman–Crippen LogP) is 2.93. The van der Waals surface area contributed by atoms with Crippen LogP contribution in [0.4, 0.5) is 4.39 Å². The lowest BCUT2D eigenvalue weighted by molar-refractivity contribution is -0.136. The molecule has 1 amide bonds. The van der Waals surface area contributed by atoms with Crippen molar-refractivity contribution in [3.63, 3.8) is 0 Å². The summed E-state index contributed by atoms with van der Waals surface area (Å²) in [5.41, 5.74) is 0.365. The Hall–Kier alpha value is -0.880. The van der Waals surface area contributed by atoms with E-state index in [2.05, 4.69) is 10.2 Å². The molecule has 0 aromatic heterocycles. The van der Waals surface area contributed by atoms with E-state index in [9.17, 15) is 9.18 Å². The van der Waals surface area contributed by atoms with E-state index in [-0.39, 0.29) is 36.7 Å². The van der Waals surface area contributed by atoms with Crippen molar-refractivity contribution in [3.8, 4) is 0 Å². The molecule has 1 N–H and O–H groups in total. The summed E-state index contributed by atoms with van der Waals surface area (Å²) in [5, 5.41) is 3.63. The van der Waals surface area contributed by atoms with Gasteiger partial charge >= 0.3 is 0 Å². The molecule has 4 nitrogen and oxygen atoms in total. The van der Waals surface area contributed by atoms with Crippen molar-refractivity contribution in [2.24, 2.45) is 0 Å². The summed E-state index contributed by atoms with van der Waals surface area (Å²) < 4.78 is 13.9. The smallest absolute Gasteiger partial charge is 0.239 e. The average Bonchev–Trinajstić information content (AvgIpc) is 2.56. The number of likely N-dealkylation sites (tertiary alicyclic amines) is 1. The van der Waals surface area contributed by atoms with Crippen LogP contribution in [-0.4, -0.2) is 55.0 Å². The van der Waals surface area contributed by atoms with Crippen molar-refractivity contribution < 1.29 is 9.18 Å². The fourth-order valence-corrected chi connectivity index (χ4v) is 3.29. The number of hydrogen-bond acceptors (Lipinski definition) is 3. The molecule has 1 aliphatic rings. The highest BCUT2D eigenvalue weighted by molar-refractivity contribution is 6.31. The number of rotatable bonds is 5. The van der Waals surface area contributed by atoms with Crippen LogP contribution in [0.3, 0.4) is 0 Å². The maximum atomic E-state index is 13.9. The number of likely N-dealkylation sites (N-methyl/N-ethyl adjacent to an activating group) is 2. The number of halogens is 3. The first-order chi connectivity index (χ1) is 10.9. The average molecular weight is 378 g/mol. The highest BCUT2D eigenvalue weighted by Gasteiger charge is 2.28. The second-order valence-electron chi connectivity index (χ2n) is 6.19. The van der Waals surface area contributed by atoms with Crippen molar-refractivity contribution >= 4 is 29.9 Å². The van der Waals surface area contributed by atoms with E-state index in [1.54, 1.807) is 24.1 Å². The zero-order valence-corrected chi connectivity index (χ0v) is 16.0. The minimum atomic E-state index is -0.377. The van der Waals surface area contributed by atoms with Crippen LogP contribution in [0.2, 0.25) is 5.02 Å². The summed E-state index contributed by atoms with van der Waals surface area (Å²) in [5.74, 6) is -0.390. The zero-order chi connectivity index (χ0) is 17.0. The molecule has 7 heteroatoms. The SMILES string of the molecule is CNC1CCCN(C(C)C(=O)N(C)Cc2c(F)cccc2Cl)C1.Cl. The maximum Gasteiger partial charge on any atom is 0.239 e. The first-order valence-corrected chi connectivity index (χ1v) is 8.41. The Morgan fingerprint density at radius 1 is 1.54 bits per heavy atom. The van der Waals surface area contributed by atoms with Gasteiger partial charge in [-0.3, -0.25) is 9.69 Å². The van der Waals surface area contributed by atoms with E-state index in [1.807, 2.05) is 14.0 Å². The number of hydrogen-bond donors (Lipinski definition) is 1. The Balaban J connectivity index is 0.00000288. The molecule has 1 aromatic rings. The normalized spacial score (nSPS) is 19.5. The molecule has 1 aliphatic heterocycles. The van der Waals surface area contributed by atoms with Gasteiger partial charge in [0.1, 0.15) is 5.82 Å². The molecule has 1 heterocycles. The second kappa shape index (κ2) is 9.56. The van der Waals surface area contributed by atoms with Gasteiger partial charge in [0.15, 0.2) is 0 Å². The van der Waals surface area contributed by atoms with Gasteiger partial charge in [0.25, 0.3) is 0 Å². The van der Waals surface area contributed by atoms with Gasteiger partial charge in [-0.05, 0) is 45.5 Å². The largest absolute Gasteiger partial charge is 0.340 e. The van der Waals surface area contributed by atoms with Gasteiger partial charge in [0.05, 0.1) is 6.04 Å². The first-order valence-electron chi connectivity index (χ1n) is 8.03. The van der Waals surface area contributed by atoms with Gasteiger partial charge in [-0.2, -0.15) is 0 Å². The Labute approximate surface area is 154 Å². The third-order valence-electron chi connectivity index (χ3n) is 4.60. The first kappa shape index (κ1) is 21.2. The van der Waals surface area contributed by atoms with E-state index in [1.165, 1.54) is 6.07 Å². The summed E-state index contributed by atoms with van der Waals surface area (Å²) in [6.07, 6.45) is 2.21. The highest BCUT2D eigenvalue weighted by Crippen LogP contribution is 2.21. The molecule has 0 aliphatic carbocycles. The fraction of sp³-hybridized carbons (Fsp3) is 0.588. The van der Waals surface area contributed by atoms with E-state index in [0.717, 1.165) is 25.9 Å². The van der Waals surface area contributed by atoms with E-state index < -0.39 is 0 Å². The number of amides is 1. The third-order valence-corrected chi connectivity index (χ3v) is 4.95. The second-order valence-corrected chi connectivity index (χ2v) is 6.60. The molecule has 2 rings (SSSR count). The fourth-order valence-electron chi connectivity index (χ4n) is 3.07. The number of benzene rings is 1. The Kier molecular flexibility index (Phi) is 8.43. The Bertz CT molecular complexity index is 538. The van der Waals surface area contributed by atoms with Crippen LogP contribution < -0.4 is 5.32 Å². The van der Waals surface area contributed by atoms with Gasteiger partial charge in [-0.1, -0.05) is 17.7 Å². The molecule has 24 heavy (non-hydrogen) atoms. The van der Waals surface area contributed by atoms with Crippen molar-refractivity contribution in [3.05, 3.63) is 34.6 Å². The highest BCUT2D eigenvalue weighted by atomic mass is 35.5. The molecule has 0 radical (unpaired) electrons. The van der Waals surface area contributed by atoms with Gasteiger partial charge in [-0.25, -0.2) is 4.39 Å². The molecule has 0 spiro atoms. The molecule has 2 atom stereocenters. The van der Waals surface area contributed by atoms with E-state index >= 15 is 0 Å². The Morgan fingerprint density at radius 3 is 2.88 bits per heavy atom. The molecule has 0 bridgehead atoms. The quantitative estimate of drug-likeness (QED) is 0.856. The van der Waals surface area contributed by atoms with Gasteiger partial charge < -0.3 is 10.2 Å². The molecular formula is C17H26Cl2FN3O. The summed E-state index contributed by atoms with van der Waals surface area (Å²) in [6, 6.07) is 4.78. The minimum absolute atomic E-state index is 0. The van der Waals surface area contributed by atoms with E-state index in [0.29, 0.717) is 16.6 Å². The van der Waals surface area contributed by atoms with Crippen LogP contribution in [0.5, 0.6) is 0 Å². The van der Waals surface area contributed by atoms with Crippen LogP contribution in [0, 0.1) is 5.82 Å². The van der Waals surface area contributed by atoms with Crippen molar-refractivity contribution in [2.75, 3.05) is 27.2 Å². The number of carbonyl (C=O) groups excluding carboxylic acids is 1. The summed E-state index contributed by atoms with van der Waals surface area (Å²) in [6.45, 7) is 3.87. The lowest BCUT2D eigenvalue weighted by atomic mass is 10.0. The summed E-state index contributed by atoms with van der Waals surface area (Å²) in [7, 11) is 3.65. The molecule has 1 fully saturated rings. The zero-order valence-electron chi connectivity index (χ0n) is 14.4. The van der Waals surface area contributed by atoms with Gasteiger partial charge in [-0.15, -0.1) is 12.4 Å². The topological polar surface area (TPSA) is 35.6 Å². The lowest BCUT2D eigenvalue weighted by Crippen LogP contribution is -2.52. The summed E-state index contributed by atoms with van der Waals surface area (Å²) in [4.78, 5) is 16.4. The lowest BCUT2D eigenvalue weighted by Gasteiger charge is -2.37. The third kappa shape index (κ3) is 5.06. The van der Waals surface area contributed by atoms with Crippen molar-refractivity contribution in [1.29, 1.82) is 0 Å². The van der Waals surface area contributed by atoms with Crippen LogP contribution in [0.15, 0.2) is 18.2 Å². The predicted molar refractivity (Wildman–Crippen MR) is 98.2 cm³/mol. The number of piperidine rings is 1. The molecule has 136 valence electrons. The van der Waals surface area contributed by atoms with Crippen LogP contribution in [0.25, 0.3) is 0 Å². The number of nitrogens with one attached hydrogen (secondary N) is 1. The monoisotopic (exact) mass is 377 g/mol. The van der Waals surface area contributed by atoms with Crippen LogP contribution in [-0.2, 0) is 11.3 Å². The van der Waals surface area contributed by atoms with Gasteiger partial charge in [0.2, 0.25) is 5.91 Å². The minimum Gasteiger partial charge on any atom is -0.340 e. The molecule has 0 saturated carbocycles. The van der Waals surface area contributed by atoms with Crippen LogP contribution >= 0.6 is 24.0 Å². The van der Waals surface area contributed by atoms with Gasteiger partial charge in [0, 0.05) is 36.8 Å².